The Labute approximate surface area is 233 Å². The van der Waals surface area contributed by atoms with Crippen LogP contribution in [0, 0.1) is 16.7 Å². The summed E-state index contributed by atoms with van der Waals surface area (Å²) in [5, 5.41) is 10.7. The van der Waals surface area contributed by atoms with E-state index in [9.17, 15) is 24.3 Å². The first-order chi connectivity index (χ1) is 17.5. The quantitative estimate of drug-likeness (QED) is 0.269. The van der Waals surface area contributed by atoms with Crippen LogP contribution in [-0.2, 0) is 19.1 Å². The summed E-state index contributed by atoms with van der Waals surface area (Å²) in [7, 11) is 3.08. The van der Waals surface area contributed by atoms with Crippen LogP contribution in [0.3, 0.4) is 0 Å². The summed E-state index contributed by atoms with van der Waals surface area (Å²) in [6.07, 6.45) is 0.668. The van der Waals surface area contributed by atoms with Gasteiger partial charge in [-0.3, -0.25) is 0 Å². The number of nitrogens with zero attached hydrogens (tertiary/aromatic N) is 1. The van der Waals surface area contributed by atoms with Crippen LogP contribution in [0.5, 0.6) is 0 Å². The number of thioether (sulfide) groups is 1. The Morgan fingerprint density at radius 1 is 1.26 bits per heavy atom. The molecule has 0 radical (unpaired) electrons. The van der Waals surface area contributed by atoms with E-state index in [1.165, 1.54) is 17.1 Å². The number of esters is 1. The number of halogens is 3. The molecular formula is C27H36F2INO6S. The minimum atomic E-state index is -2.71. The standard InChI is InChI=1S/C27H36F2INO6S/c1-7-20(34)37-14-24(2)13-30-18-11-17(28)16-10-15(32)8-9-25(16,3)27(18,29)19(33)12-26(30,4)21(24)22(35)38-23(36)31(5)6/h8-10,17-19,21,33H,7,11-14H2,1-6H3/t17?,18-,19+,21+,24?,25+,26-,27?/m1/s1. The second kappa shape index (κ2) is 9.94. The minimum absolute atomic E-state index is 0.0309. The summed E-state index contributed by atoms with van der Waals surface area (Å²) in [4.78, 5) is 51.7. The van der Waals surface area contributed by atoms with Crippen LogP contribution in [0.4, 0.5) is 13.6 Å². The number of hydrogen-bond acceptors (Lipinski definition) is 7. The Balaban J connectivity index is 1.81. The van der Waals surface area contributed by atoms with Gasteiger partial charge in [0.05, 0.1) is 0 Å². The molecule has 1 amide bonds. The van der Waals surface area contributed by atoms with Gasteiger partial charge in [-0.1, -0.05) is 0 Å². The Hall–Kier alpha value is -1.34. The van der Waals surface area contributed by atoms with Gasteiger partial charge in [0, 0.05) is 0 Å². The predicted octanol–water partition coefficient (Wildman–Crippen LogP) is 4.44. The number of ether oxygens (including phenoxy) is 1. The first kappa shape index (κ1) is 29.6. The van der Waals surface area contributed by atoms with Gasteiger partial charge in [-0.25, -0.2) is 0 Å². The van der Waals surface area contributed by atoms with Crippen LogP contribution < -0.4 is 0 Å². The Kier molecular flexibility index (Phi) is 7.75. The van der Waals surface area contributed by atoms with E-state index in [4.69, 9.17) is 4.74 Å². The number of ketones is 1. The molecule has 2 saturated heterocycles. The predicted molar refractivity (Wildman–Crippen MR) is 150 cm³/mol. The van der Waals surface area contributed by atoms with Crippen molar-refractivity contribution in [1.82, 2.24) is 4.90 Å². The summed E-state index contributed by atoms with van der Waals surface area (Å²) >= 11 is -2.14. The normalized spacial score (nSPS) is 42.5. The molecule has 7 nitrogen and oxygen atoms in total. The van der Waals surface area contributed by atoms with E-state index in [-0.39, 0.29) is 31.4 Å². The van der Waals surface area contributed by atoms with Gasteiger partial charge in [-0.15, -0.1) is 0 Å². The number of carbonyl (C=O) groups excluding carboxylic acids is 4. The van der Waals surface area contributed by atoms with E-state index in [0.717, 1.165) is 6.08 Å². The zero-order valence-electron chi connectivity index (χ0n) is 22.6. The maximum absolute atomic E-state index is 17.5. The monoisotopic (exact) mass is 667 g/mol. The second-order valence-electron chi connectivity index (χ2n) is 11.7. The number of hydrogen-bond donors (Lipinski definition) is 1. The van der Waals surface area contributed by atoms with Crippen LogP contribution >= 0.6 is 31.6 Å². The average molecular weight is 668 g/mol. The fraction of sp³-hybridized carbons (Fsp3) is 0.704. The molecule has 38 heavy (non-hydrogen) atoms. The number of amides is 1. The number of fused-ring (bicyclic) bond motifs is 5. The number of rotatable bonds is 4. The van der Waals surface area contributed by atoms with E-state index < -0.39 is 84.0 Å². The molecule has 3 unspecified atom stereocenters. The molecule has 4 rings (SSSR count). The molecule has 0 aromatic rings. The fourth-order valence-corrected chi connectivity index (χ4v) is 19.8. The van der Waals surface area contributed by atoms with Gasteiger partial charge in [0.25, 0.3) is 0 Å². The number of aliphatic hydroxyl groups excluding tert-OH is 1. The zero-order valence-corrected chi connectivity index (χ0v) is 25.5. The molecule has 0 spiro atoms. The molecular weight excluding hydrogens is 631 g/mol. The van der Waals surface area contributed by atoms with E-state index in [0.29, 0.717) is 16.2 Å². The maximum atomic E-state index is 17.5. The summed E-state index contributed by atoms with van der Waals surface area (Å²) in [5.74, 6) is -1.63. The van der Waals surface area contributed by atoms with Crippen molar-refractivity contribution in [3.8, 4) is 0 Å². The van der Waals surface area contributed by atoms with Crippen LogP contribution in [0.15, 0.2) is 23.8 Å². The number of carbonyl (C=O) groups is 4. The Morgan fingerprint density at radius 2 is 1.92 bits per heavy atom. The van der Waals surface area contributed by atoms with Crippen LogP contribution in [0.2, 0.25) is 0 Å². The van der Waals surface area contributed by atoms with Crippen LogP contribution in [-0.4, -0.2) is 82.5 Å². The molecule has 0 aromatic heterocycles. The molecule has 2 aliphatic heterocycles. The SMILES string of the molecule is CCC(=O)OCC1(C)CI2[C@@H]3CC(F)C4=CC(=O)C=C[C@]4(C)C3(F)[C@@H](O)C[C@]2(C)[C@H]1C(=O)SC(=O)N(C)C. The third kappa shape index (κ3) is 4.29. The molecule has 11 heteroatoms. The van der Waals surface area contributed by atoms with Crippen molar-refractivity contribution in [3.05, 3.63) is 23.8 Å². The number of aliphatic hydroxyl groups is 1. The van der Waals surface area contributed by atoms with Crippen molar-refractivity contribution in [2.45, 2.75) is 72.2 Å². The zero-order chi connectivity index (χ0) is 28.4. The molecule has 2 aliphatic carbocycles. The van der Waals surface area contributed by atoms with Gasteiger partial charge >= 0.3 is 234 Å². The summed E-state index contributed by atoms with van der Waals surface area (Å²) in [6.45, 7) is 6.84. The Bertz CT molecular complexity index is 1130. The third-order valence-corrected chi connectivity index (χ3v) is 19.8. The molecule has 8 atom stereocenters. The Morgan fingerprint density at radius 3 is 2.53 bits per heavy atom. The number of allylic oxidation sites excluding steroid dienone is 4. The van der Waals surface area contributed by atoms with E-state index in [2.05, 4.69) is 0 Å². The van der Waals surface area contributed by atoms with Crippen molar-refractivity contribution < 1.29 is 37.8 Å². The topological polar surface area (TPSA) is 101 Å². The second-order valence-corrected chi connectivity index (χ2v) is 19.6. The summed E-state index contributed by atoms with van der Waals surface area (Å²) in [6, 6.07) is 0. The van der Waals surface area contributed by atoms with Crippen molar-refractivity contribution in [1.29, 1.82) is 0 Å². The van der Waals surface area contributed by atoms with E-state index in [1.54, 1.807) is 27.9 Å². The molecule has 2 heterocycles. The fourth-order valence-electron chi connectivity index (χ4n) is 6.92. The molecule has 1 N–H and O–H groups in total. The molecule has 212 valence electrons. The van der Waals surface area contributed by atoms with Crippen molar-refractivity contribution in [2.24, 2.45) is 16.7 Å². The number of alkyl halides is 5. The average Bonchev–Trinajstić information content (AvgIpc) is 3.07. The molecule has 0 bridgehead atoms. The van der Waals surface area contributed by atoms with E-state index >= 15 is 8.78 Å². The van der Waals surface area contributed by atoms with Crippen molar-refractivity contribution in [2.75, 3.05) is 25.1 Å². The molecule has 3 fully saturated rings. The van der Waals surface area contributed by atoms with Gasteiger partial charge in [0.1, 0.15) is 0 Å². The first-order valence-corrected chi connectivity index (χ1v) is 17.4. The van der Waals surface area contributed by atoms with Gasteiger partial charge in [0.2, 0.25) is 0 Å². The molecule has 0 aromatic carbocycles. The van der Waals surface area contributed by atoms with Crippen molar-refractivity contribution in [3.63, 3.8) is 0 Å². The first-order valence-electron chi connectivity index (χ1n) is 12.7. The third-order valence-electron chi connectivity index (χ3n) is 8.82. The van der Waals surface area contributed by atoms with Gasteiger partial charge < -0.3 is 0 Å². The summed E-state index contributed by atoms with van der Waals surface area (Å²) in [5.41, 5.74) is -4.55. The van der Waals surface area contributed by atoms with Gasteiger partial charge in [-0.2, -0.15) is 0 Å². The van der Waals surface area contributed by atoms with Crippen LogP contribution in [0.1, 0.15) is 47.0 Å². The van der Waals surface area contributed by atoms with Gasteiger partial charge in [-0.05, 0) is 0 Å². The summed E-state index contributed by atoms with van der Waals surface area (Å²) < 4.78 is 37.5. The molecule has 4 aliphatic rings. The van der Waals surface area contributed by atoms with Gasteiger partial charge in [0.15, 0.2) is 0 Å². The van der Waals surface area contributed by atoms with Crippen molar-refractivity contribution >= 4 is 53.7 Å². The van der Waals surface area contributed by atoms with Crippen LogP contribution in [0.25, 0.3) is 0 Å². The molecule has 1 saturated carbocycles. The van der Waals surface area contributed by atoms with E-state index in [1.807, 2.05) is 13.8 Å².